The van der Waals surface area contributed by atoms with Gasteiger partial charge in [0.15, 0.2) is 0 Å². The molecule has 4 aromatic rings. The van der Waals surface area contributed by atoms with Crippen LogP contribution in [0.2, 0.25) is 10.0 Å². The first-order valence-corrected chi connectivity index (χ1v) is 15.7. The van der Waals surface area contributed by atoms with Crippen LogP contribution < -0.4 is 9.47 Å². The summed E-state index contributed by atoms with van der Waals surface area (Å²) in [4.78, 5) is 8.55. The highest BCUT2D eigenvalue weighted by molar-refractivity contribution is 6.38. The molecule has 0 spiro atoms. The van der Waals surface area contributed by atoms with Gasteiger partial charge in [-0.05, 0) is 88.8 Å². The Morgan fingerprint density at radius 3 is 2.43 bits per heavy atom. The summed E-state index contributed by atoms with van der Waals surface area (Å²) in [5, 5.41) is 7.41. The van der Waals surface area contributed by atoms with Gasteiger partial charge in [0, 0.05) is 46.4 Å². The molecule has 4 aliphatic carbocycles. The van der Waals surface area contributed by atoms with Gasteiger partial charge in [-0.2, -0.15) is 0 Å². The normalized spacial score (nSPS) is 23.5. The Morgan fingerprint density at radius 2 is 1.74 bits per heavy atom. The third-order valence-electron chi connectivity index (χ3n) is 9.31. The van der Waals surface area contributed by atoms with Crippen LogP contribution in [0.1, 0.15) is 82.5 Å². The summed E-state index contributed by atoms with van der Waals surface area (Å²) in [6.45, 7) is 5.17. The first kappa shape index (κ1) is 27.9. The van der Waals surface area contributed by atoms with E-state index in [0.717, 1.165) is 79.2 Å². The fourth-order valence-corrected chi connectivity index (χ4v) is 7.16. The van der Waals surface area contributed by atoms with E-state index in [4.69, 9.17) is 41.9 Å². The van der Waals surface area contributed by atoms with E-state index in [0.29, 0.717) is 46.3 Å². The van der Waals surface area contributed by atoms with Crippen LogP contribution in [0.25, 0.3) is 22.0 Å². The van der Waals surface area contributed by atoms with Crippen molar-refractivity contribution in [3.8, 4) is 22.9 Å². The minimum atomic E-state index is -0.138. The fraction of sp³-hybridized carbons (Fsp3) is 0.485. The third-order valence-corrected chi connectivity index (χ3v) is 9.88. The van der Waals surface area contributed by atoms with E-state index in [-0.39, 0.29) is 17.1 Å². The zero-order chi connectivity index (χ0) is 28.9. The summed E-state index contributed by atoms with van der Waals surface area (Å²) in [5.41, 5.74) is 2.34. The SMILES string of the molecule is CC(C)Oc1nccc2ccc(OCC34CCC(OCc5c(-c6c(Cl)cncc6Cl)noc5C5CC5)(CC3)CC4)cc12. The molecule has 220 valence electrons. The number of hydrogen-bond acceptors (Lipinski definition) is 7. The summed E-state index contributed by atoms with van der Waals surface area (Å²) in [6, 6.07) is 8.19. The second-order valence-electron chi connectivity index (χ2n) is 12.6. The van der Waals surface area contributed by atoms with Crippen LogP contribution in [-0.2, 0) is 11.3 Å². The van der Waals surface area contributed by atoms with Crippen LogP contribution in [0.3, 0.4) is 0 Å². The van der Waals surface area contributed by atoms with Gasteiger partial charge in [0.2, 0.25) is 5.88 Å². The molecule has 0 radical (unpaired) electrons. The maximum atomic E-state index is 6.80. The smallest absolute Gasteiger partial charge is 0.221 e. The Hall–Kier alpha value is -2.87. The van der Waals surface area contributed by atoms with Gasteiger partial charge in [-0.15, -0.1) is 0 Å². The fourth-order valence-electron chi connectivity index (χ4n) is 6.61. The van der Waals surface area contributed by atoms with Gasteiger partial charge in [0.25, 0.3) is 0 Å². The standard InChI is InChI=1S/C33H35Cl2N3O4/c1-20(2)41-31-24-15-23(6-5-21(24)7-14-37-31)39-19-32-8-11-33(12-9-32,13-10-32)40-18-25-29(38-42-30(25)22-3-4-22)28-26(34)16-36-17-27(28)35/h5-7,14-17,20,22H,3-4,8-13,18-19H2,1-2H3. The number of aromatic nitrogens is 3. The van der Waals surface area contributed by atoms with Crippen LogP contribution in [0.15, 0.2) is 47.4 Å². The largest absolute Gasteiger partial charge is 0.493 e. The Morgan fingerprint density at radius 1 is 1.00 bits per heavy atom. The summed E-state index contributed by atoms with van der Waals surface area (Å²) in [5.74, 6) is 2.81. The average molecular weight is 609 g/mol. The van der Waals surface area contributed by atoms with Gasteiger partial charge in [-0.1, -0.05) is 34.4 Å². The molecule has 1 aromatic carbocycles. The number of halogens is 2. The van der Waals surface area contributed by atoms with E-state index < -0.39 is 0 Å². The zero-order valence-corrected chi connectivity index (χ0v) is 25.5. The molecule has 9 heteroatoms. The van der Waals surface area contributed by atoms with E-state index in [9.17, 15) is 0 Å². The van der Waals surface area contributed by atoms with Gasteiger partial charge < -0.3 is 18.7 Å². The molecular formula is C33H35Cl2N3O4. The molecule has 4 aliphatic rings. The van der Waals surface area contributed by atoms with E-state index in [1.165, 1.54) is 0 Å². The van der Waals surface area contributed by atoms with Crippen molar-refractivity contribution in [1.82, 2.24) is 15.1 Å². The lowest BCUT2D eigenvalue weighted by Crippen LogP contribution is -2.49. The minimum Gasteiger partial charge on any atom is -0.493 e. The number of ether oxygens (including phenoxy) is 3. The molecule has 0 atom stereocenters. The van der Waals surface area contributed by atoms with Crippen molar-refractivity contribution in [2.75, 3.05) is 6.61 Å². The van der Waals surface area contributed by atoms with Crippen LogP contribution in [0.4, 0.5) is 0 Å². The minimum absolute atomic E-state index is 0.0569. The molecule has 0 unspecified atom stereocenters. The molecule has 2 bridgehead atoms. The summed E-state index contributed by atoms with van der Waals surface area (Å²) in [7, 11) is 0. The summed E-state index contributed by atoms with van der Waals surface area (Å²) in [6.07, 6.45) is 13.5. The number of benzene rings is 1. The predicted molar refractivity (Wildman–Crippen MR) is 162 cm³/mol. The van der Waals surface area contributed by atoms with Crippen LogP contribution >= 0.6 is 23.2 Å². The lowest BCUT2D eigenvalue weighted by molar-refractivity contribution is -0.150. The van der Waals surface area contributed by atoms with Crippen molar-refractivity contribution >= 4 is 34.0 Å². The number of pyridine rings is 2. The summed E-state index contributed by atoms with van der Waals surface area (Å²) < 4.78 is 25.0. The Kier molecular flexibility index (Phi) is 7.32. The monoisotopic (exact) mass is 607 g/mol. The predicted octanol–water partition coefficient (Wildman–Crippen LogP) is 8.94. The zero-order valence-electron chi connectivity index (χ0n) is 24.0. The van der Waals surface area contributed by atoms with Gasteiger partial charge >= 0.3 is 0 Å². The molecule has 8 rings (SSSR count). The van der Waals surface area contributed by atoms with Gasteiger partial charge in [-0.25, -0.2) is 4.98 Å². The molecule has 42 heavy (non-hydrogen) atoms. The average Bonchev–Trinajstić information content (AvgIpc) is 3.76. The first-order chi connectivity index (χ1) is 20.3. The molecule has 3 aromatic heterocycles. The van der Waals surface area contributed by atoms with Crippen molar-refractivity contribution in [2.24, 2.45) is 5.41 Å². The van der Waals surface area contributed by atoms with E-state index in [1.807, 2.05) is 26.0 Å². The number of rotatable bonds is 10. The highest BCUT2D eigenvalue weighted by atomic mass is 35.5. The maximum Gasteiger partial charge on any atom is 0.221 e. The van der Waals surface area contributed by atoms with E-state index >= 15 is 0 Å². The third kappa shape index (κ3) is 5.36. The van der Waals surface area contributed by atoms with Crippen LogP contribution in [0, 0.1) is 5.41 Å². The quantitative estimate of drug-likeness (QED) is 0.178. The second-order valence-corrected chi connectivity index (χ2v) is 13.4. The Labute approximate surface area is 255 Å². The maximum absolute atomic E-state index is 6.80. The van der Waals surface area contributed by atoms with Crippen molar-refractivity contribution < 1.29 is 18.7 Å². The van der Waals surface area contributed by atoms with Crippen molar-refractivity contribution in [1.29, 1.82) is 0 Å². The van der Waals surface area contributed by atoms with Crippen molar-refractivity contribution in [3.63, 3.8) is 0 Å². The highest BCUT2D eigenvalue weighted by Gasteiger charge is 2.50. The Bertz CT molecular complexity index is 1570. The second kappa shape index (κ2) is 11.0. The molecule has 3 heterocycles. The lowest BCUT2D eigenvalue weighted by atomic mass is 9.59. The first-order valence-electron chi connectivity index (χ1n) is 14.9. The van der Waals surface area contributed by atoms with Crippen molar-refractivity contribution in [2.45, 2.75) is 89.4 Å². The molecule has 0 saturated heterocycles. The van der Waals surface area contributed by atoms with Gasteiger partial charge in [-0.3, -0.25) is 4.98 Å². The molecule has 4 fully saturated rings. The summed E-state index contributed by atoms with van der Waals surface area (Å²) >= 11 is 13.0. The molecule has 0 N–H and O–H groups in total. The lowest BCUT2D eigenvalue weighted by Gasteiger charge is -2.52. The molecular weight excluding hydrogens is 573 g/mol. The Balaban J connectivity index is 1.03. The molecule has 0 aliphatic heterocycles. The molecule has 7 nitrogen and oxygen atoms in total. The number of fused-ring (bicyclic) bond motifs is 4. The van der Waals surface area contributed by atoms with E-state index in [2.05, 4.69) is 27.3 Å². The van der Waals surface area contributed by atoms with Crippen molar-refractivity contribution in [3.05, 3.63) is 64.2 Å². The number of nitrogens with zero attached hydrogens (tertiary/aromatic N) is 3. The highest BCUT2D eigenvalue weighted by Crippen LogP contribution is 2.55. The molecule has 0 amide bonds. The molecule has 4 saturated carbocycles. The van der Waals surface area contributed by atoms with Gasteiger partial charge in [0.05, 0.1) is 35.0 Å². The van der Waals surface area contributed by atoms with Crippen LogP contribution in [0.5, 0.6) is 11.6 Å². The number of hydrogen-bond donors (Lipinski definition) is 0. The van der Waals surface area contributed by atoms with Crippen LogP contribution in [-0.4, -0.2) is 33.4 Å². The van der Waals surface area contributed by atoms with Gasteiger partial charge in [0.1, 0.15) is 17.2 Å². The van der Waals surface area contributed by atoms with E-state index in [1.54, 1.807) is 18.6 Å². The topological polar surface area (TPSA) is 79.5 Å².